The van der Waals surface area contributed by atoms with Crippen LogP contribution in [0.25, 0.3) is 22.2 Å². The molecule has 0 fully saturated rings. The number of imidazole rings is 1. The Kier molecular flexibility index (Phi) is 5.05. The van der Waals surface area contributed by atoms with Crippen LogP contribution in [0.1, 0.15) is 18.8 Å². The maximum Gasteiger partial charge on any atom is 0.323 e. The Hall–Kier alpha value is -3.85. The molecule has 0 unspecified atom stereocenters. The number of aromatic amines is 2. The van der Waals surface area contributed by atoms with Crippen molar-refractivity contribution in [1.29, 1.82) is 0 Å². The van der Waals surface area contributed by atoms with E-state index < -0.39 is 9.84 Å². The van der Waals surface area contributed by atoms with Gasteiger partial charge in [-0.3, -0.25) is 4.79 Å². The highest BCUT2D eigenvalue weighted by Crippen LogP contribution is 2.30. The van der Waals surface area contributed by atoms with E-state index in [0.29, 0.717) is 25.3 Å². The molecular weight excluding hydrogens is 442 g/mol. The Labute approximate surface area is 192 Å². The number of H-pyrrole nitrogens is 2. The molecule has 1 aliphatic rings. The Morgan fingerprint density at radius 2 is 1.67 bits per heavy atom. The van der Waals surface area contributed by atoms with Gasteiger partial charge in [0.1, 0.15) is 12.4 Å². The summed E-state index contributed by atoms with van der Waals surface area (Å²) in [7, 11) is -3.33. The third kappa shape index (κ3) is 4.14. The molecule has 1 amide bonds. The van der Waals surface area contributed by atoms with Crippen LogP contribution in [0, 0.1) is 0 Å². The van der Waals surface area contributed by atoms with Crippen molar-refractivity contribution in [2.24, 2.45) is 0 Å². The largest absolute Gasteiger partial charge is 0.491 e. The zero-order chi connectivity index (χ0) is 23.2. The van der Waals surface area contributed by atoms with Crippen LogP contribution in [0.5, 0.6) is 5.75 Å². The fourth-order valence-corrected chi connectivity index (χ4v) is 4.62. The van der Waals surface area contributed by atoms with E-state index in [0.717, 1.165) is 39.7 Å². The van der Waals surface area contributed by atoms with Crippen LogP contribution >= 0.6 is 0 Å². The third-order valence-electron chi connectivity index (χ3n) is 5.71. The first kappa shape index (κ1) is 21.0. The molecule has 0 bridgehead atoms. The second-order valence-corrected chi connectivity index (χ2v) is 10.0. The van der Waals surface area contributed by atoms with Gasteiger partial charge in [0, 0.05) is 26.8 Å². The van der Waals surface area contributed by atoms with Crippen molar-refractivity contribution >= 4 is 26.8 Å². The van der Waals surface area contributed by atoms with E-state index in [-0.39, 0.29) is 19.3 Å². The molecular formula is C24H25N3O5S. The maximum atomic E-state index is 13.1. The van der Waals surface area contributed by atoms with Crippen LogP contribution in [0.2, 0.25) is 0 Å². The number of aromatic nitrogens is 2. The monoisotopic (exact) mass is 467 g/mol. The molecule has 0 radical (unpaired) electrons. The number of benzene rings is 3. The lowest BCUT2D eigenvalue weighted by atomic mass is 10.0. The number of carbonyl (C=O) groups excluding carboxylic acids is 1. The number of nitrogens with one attached hydrogen (secondary N) is 2. The average molecular weight is 468 g/mol. The summed E-state index contributed by atoms with van der Waals surface area (Å²) in [5, 5.41) is 0. The third-order valence-corrected chi connectivity index (χ3v) is 6.83. The molecule has 172 valence electrons. The van der Waals surface area contributed by atoms with E-state index in [2.05, 4.69) is 9.97 Å². The molecule has 3 aromatic carbocycles. The van der Waals surface area contributed by atoms with Gasteiger partial charge in [-0.1, -0.05) is 12.1 Å². The zero-order valence-electron chi connectivity index (χ0n) is 17.8. The number of hydrogen-bond acceptors (Lipinski definition) is 5. The summed E-state index contributed by atoms with van der Waals surface area (Å²) in [4.78, 5) is 32.0. The molecule has 0 saturated heterocycles. The van der Waals surface area contributed by atoms with Crippen molar-refractivity contribution in [3.8, 4) is 16.9 Å². The van der Waals surface area contributed by atoms with E-state index in [1.54, 1.807) is 4.90 Å². The van der Waals surface area contributed by atoms with Crippen molar-refractivity contribution in [2.45, 2.75) is 11.4 Å². The lowest BCUT2D eigenvalue weighted by Crippen LogP contribution is -2.32. The Bertz CT molecular complexity index is 1550. The first-order chi connectivity index (χ1) is 15.8. The Morgan fingerprint density at radius 3 is 2.42 bits per heavy atom. The average Bonchev–Trinajstić information content (AvgIpc) is 3.03. The molecule has 4 aromatic rings. The van der Waals surface area contributed by atoms with Crippen molar-refractivity contribution in [3.63, 3.8) is 0 Å². The number of carbonyl (C=O) groups is 1. The van der Waals surface area contributed by atoms with E-state index in [4.69, 9.17) is 4.74 Å². The highest BCUT2D eigenvalue weighted by molar-refractivity contribution is 7.90. The summed E-state index contributed by atoms with van der Waals surface area (Å²) in [5.74, 6) is 0.529. The number of rotatable bonds is 3. The number of nitrogens with zero attached hydrogens (tertiary/aromatic N) is 1. The van der Waals surface area contributed by atoms with Crippen molar-refractivity contribution in [1.82, 2.24) is 14.9 Å². The standard InChI is InChI=1S/C24H21N3O5S.2H2/c1-33(30,31)19-6-2-15(3-7-19)23(28)27-10-11-32-22-9-5-16(12-18(22)14-27)17-4-8-20-21(13-17)26-24(29)25-20;;/h2-9,12-13H,10-11,14H2,1H3,(H2,25,26,29);2*1H. The van der Waals surface area contributed by atoms with Gasteiger partial charge < -0.3 is 19.6 Å². The fourth-order valence-electron chi connectivity index (χ4n) is 3.99. The first-order valence-electron chi connectivity index (χ1n) is 10.4. The molecule has 0 atom stereocenters. The maximum absolute atomic E-state index is 13.1. The van der Waals surface area contributed by atoms with Gasteiger partial charge in [0.25, 0.3) is 5.91 Å². The summed E-state index contributed by atoms with van der Waals surface area (Å²) < 4.78 is 29.2. The minimum Gasteiger partial charge on any atom is -0.491 e. The van der Waals surface area contributed by atoms with Gasteiger partial charge in [-0.25, -0.2) is 13.2 Å². The molecule has 0 aliphatic carbocycles. The van der Waals surface area contributed by atoms with Crippen LogP contribution in [0.4, 0.5) is 0 Å². The van der Waals surface area contributed by atoms with Crippen LogP contribution in [-0.2, 0) is 16.4 Å². The number of amides is 1. The zero-order valence-corrected chi connectivity index (χ0v) is 18.6. The van der Waals surface area contributed by atoms with Crippen molar-refractivity contribution in [3.05, 3.63) is 82.3 Å². The van der Waals surface area contributed by atoms with Crippen LogP contribution in [0.3, 0.4) is 0 Å². The smallest absolute Gasteiger partial charge is 0.323 e. The summed E-state index contributed by atoms with van der Waals surface area (Å²) in [6, 6.07) is 17.5. The molecule has 2 N–H and O–H groups in total. The van der Waals surface area contributed by atoms with Crippen molar-refractivity contribution in [2.75, 3.05) is 19.4 Å². The van der Waals surface area contributed by atoms with E-state index in [1.165, 1.54) is 24.3 Å². The molecule has 9 heteroatoms. The molecule has 0 spiro atoms. The highest BCUT2D eigenvalue weighted by atomic mass is 32.2. The predicted octanol–water partition coefficient (Wildman–Crippen LogP) is 3.45. The Morgan fingerprint density at radius 1 is 0.970 bits per heavy atom. The molecule has 33 heavy (non-hydrogen) atoms. The van der Waals surface area contributed by atoms with Gasteiger partial charge in [0.05, 0.1) is 22.5 Å². The van der Waals surface area contributed by atoms with Gasteiger partial charge >= 0.3 is 5.69 Å². The van der Waals surface area contributed by atoms with Crippen molar-refractivity contribution < 1.29 is 20.8 Å². The van der Waals surface area contributed by atoms with Gasteiger partial charge in [-0.05, 0) is 59.7 Å². The minimum atomic E-state index is -3.33. The quantitative estimate of drug-likeness (QED) is 0.479. The molecule has 0 saturated carbocycles. The summed E-state index contributed by atoms with van der Waals surface area (Å²) in [5.41, 5.74) is 4.36. The predicted molar refractivity (Wildman–Crippen MR) is 128 cm³/mol. The SMILES string of the molecule is CS(=O)(=O)c1ccc(C(=O)N2CCOc3ccc(-c4ccc5[nH]c(=O)[nH]c5c4)cc3C2)cc1.[HH].[HH]. The van der Waals surface area contributed by atoms with E-state index >= 15 is 0 Å². The van der Waals surface area contributed by atoms with Crippen LogP contribution < -0.4 is 10.4 Å². The van der Waals surface area contributed by atoms with Crippen LogP contribution in [0.15, 0.2) is 70.4 Å². The molecule has 8 nitrogen and oxygen atoms in total. The van der Waals surface area contributed by atoms with Gasteiger partial charge in [-0.2, -0.15) is 0 Å². The molecule has 2 heterocycles. The molecule has 1 aliphatic heterocycles. The first-order valence-corrected chi connectivity index (χ1v) is 12.2. The van der Waals surface area contributed by atoms with Crippen LogP contribution in [-0.4, -0.2) is 48.6 Å². The van der Waals surface area contributed by atoms with Gasteiger partial charge in [-0.15, -0.1) is 0 Å². The van der Waals surface area contributed by atoms with Gasteiger partial charge in [0.2, 0.25) is 0 Å². The summed E-state index contributed by atoms with van der Waals surface area (Å²) >= 11 is 0. The lowest BCUT2D eigenvalue weighted by molar-refractivity contribution is 0.0733. The summed E-state index contributed by atoms with van der Waals surface area (Å²) in [6.45, 7) is 1.13. The Balaban J connectivity index is 0.00000171. The van der Waals surface area contributed by atoms with Gasteiger partial charge in [0.15, 0.2) is 9.84 Å². The minimum absolute atomic E-state index is 0. The second-order valence-electron chi connectivity index (χ2n) is 8.03. The van der Waals surface area contributed by atoms with E-state index in [9.17, 15) is 18.0 Å². The molecule has 1 aromatic heterocycles. The summed E-state index contributed by atoms with van der Waals surface area (Å²) in [6.07, 6.45) is 1.13. The fraction of sp³-hybridized carbons (Fsp3) is 0.167. The van der Waals surface area contributed by atoms with E-state index in [1.807, 2.05) is 36.4 Å². The number of sulfone groups is 1. The molecule has 5 rings (SSSR count). The normalized spacial score (nSPS) is 13.9. The number of ether oxygens (including phenoxy) is 1. The number of fused-ring (bicyclic) bond motifs is 2. The lowest BCUT2D eigenvalue weighted by Gasteiger charge is -2.20. The number of hydrogen-bond donors (Lipinski definition) is 2. The second kappa shape index (κ2) is 7.93. The topological polar surface area (TPSA) is 112 Å². The highest BCUT2D eigenvalue weighted by Gasteiger charge is 2.22.